The Balaban J connectivity index is 1.82. The van der Waals surface area contributed by atoms with Crippen molar-refractivity contribution >= 4 is 34.8 Å². The van der Waals surface area contributed by atoms with Crippen LogP contribution < -0.4 is 15.4 Å². The van der Waals surface area contributed by atoms with Crippen LogP contribution >= 0.6 is 11.6 Å². The zero-order valence-electron chi connectivity index (χ0n) is 10.9. The number of rotatable bonds is 2. The van der Waals surface area contributed by atoms with Crippen LogP contribution in [0.4, 0.5) is 11.4 Å². The average Bonchev–Trinajstić information content (AvgIpc) is 2.46. The summed E-state index contributed by atoms with van der Waals surface area (Å²) in [5, 5.41) is 5.94. The number of halogens is 1. The fourth-order valence-corrected chi connectivity index (χ4v) is 2.18. The van der Waals surface area contributed by atoms with E-state index in [2.05, 4.69) is 10.6 Å². The predicted octanol–water partition coefficient (Wildman–Crippen LogP) is 2.92. The number of carbonyl (C=O) groups is 2. The number of fused-ring (bicyclic) bond motifs is 1. The molecule has 2 aromatic rings. The number of hydrogen-bond acceptors (Lipinski definition) is 3. The number of ether oxygens (including phenoxy) is 1. The van der Waals surface area contributed by atoms with Crippen LogP contribution in [0.1, 0.15) is 10.4 Å². The molecule has 2 aromatic carbocycles. The van der Waals surface area contributed by atoms with Crippen molar-refractivity contribution in [2.75, 3.05) is 17.2 Å². The molecule has 0 bridgehead atoms. The highest BCUT2D eigenvalue weighted by atomic mass is 35.5. The molecule has 6 heteroatoms. The largest absolute Gasteiger partial charge is 0.482 e. The van der Waals surface area contributed by atoms with Gasteiger partial charge < -0.3 is 15.4 Å². The molecule has 0 unspecified atom stereocenters. The van der Waals surface area contributed by atoms with Gasteiger partial charge in [0.1, 0.15) is 5.75 Å². The molecule has 3 rings (SSSR count). The highest BCUT2D eigenvalue weighted by Crippen LogP contribution is 2.28. The van der Waals surface area contributed by atoms with Crippen molar-refractivity contribution < 1.29 is 14.3 Å². The van der Waals surface area contributed by atoms with E-state index in [-0.39, 0.29) is 18.4 Å². The summed E-state index contributed by atoms with van der Waals surface area (Å²) < 4.78 is 5.24. The van der Waals surface area contributed by atoms with Crippen molar-refractivity contribution in [2.45, 2.75) is 0 Å². The number of amides is 2. The lowest BCUT2D eigenvalue weighted by Crippen LogP contribution is -2.25. The lowest BCUT2D eigenvalue weighted by atomic mass is 10.1. The molecule has 0 fully saturated rings. The standard InChI is InChI=1S/C15H11ClN2O3/c16-10-2-1-3-11(7-10)17-15(20)9-4-5-13-12(6-9)18-14(19)8-21-13/h1-7H,8H2,(H,17,20)(H,18,19). The number of benzene rings is 2. The van der Waals surface area contributed by atoms with E-state index < -0.39 is 0 Å². The normalized spacial score (nSPS) is 12.9. The van der Waals surface area contributed by atoms with Crippen molar-refractivity contribution in [2.24, 2.45) is 0 Å². The molecule has 2 N–H and O–H groups in total. The summed E-state index contributed by atoms with van der Waals surface area (Å²) in [7, 11) is 0. The topological polar surface area (TPSA) is 67.4 Å². The Hall–Kier alpha value is -2.53. The van der Waals surface area contributed by atoms with E-state index in [1.165, 1.54) is 0 Å². The summed E-state index contributed by atoms with van der Waals surface area (Å²) >= 11 is 5.87. The van der Waals surface area contributed by atoms with Gasteiger partial charge in [0.2, 0.25) is 0 Å². The molecular formula is C15H11ClN2O3. The van der Waals surface area contributed by atoms with Crippen LogP contribution in [0.5, 0.6) is 5.75 Å². The van der Waals surface area contributed by atoms with Gasteiger partial charge in [0, 0.05) is 16.3 Å². The Morgan fingerprint density at radius 2 is 2.10 bits per heavy atom. The molecule has 0 atom stereocenters. The molecule has 1 heterocycles. The molecule has 106 valence electrons. The summed E-state index contributed by atoms with van der Waals surface area (Å²) in [6.07, 6.45) is 0. The van der Waals surface area contributed by atoms with E-state index in [4.69, 9.17) is 16.3 Å². The number of carbonyl (C=O) groups excluding carboxylic acids is 2. The van der Waals surface area contributed by atoms with Crippen LogP contribution in [-0.2, 0) is 4.79 Å². The third-order valence-electron chi connectivity index (χ3n) is 2.96. The first kappa shape index (κ1) is 13.5. The molecule has 5 nitrogen and oxygen atoms in total. The maximum absolute atomic E-state index is 12.2. The Kier molecular flexibility index (Phi) is 3.50. The highest BCUT2D eigenvalue weighted by molar-refractivity contribution is 6.31. The van der Waals surface area contributed by atoms with Crippen LogP contribution in [0.2, 0.25) is 5.02 Å². The number of hydrogen-bond donors (Lipinski definition) is 2. The summed E-state index contributed by atoms with van der Waals surface area (Å²) in [6, 6.07) is 11.7. The second kappa shape index (κ2) is 5.46. The predicted molar refractivity (Wildman–Crippen MR) is 80.0 cm³/mol. The van der Waals surface area contributed by atoms with Gasteiger partial charge in [-0.15, -0.1) is 0 Å². The molecular weight excluding hydrogens is 292 g/mol. The molecule has 21 heavy (non-hydrogen) atoms. The molecule has 0 aliphatic carbocycles. The number of anilines is 2. The Morgan fingerprint density at radius 3 is 2.90 bits per heavy atom. The minimum atomic E-state index is -0.292. The summed E-state index contributed by atoms with van der Waals surface area (Å²) in [5.74, 6) is 0.0173. The summed E-state index contributed by atoms with van der Waals surface area (Å²) in [6.45, 7) is -0.0128. The van der Waals surface area contributed by atoms with E-state index in [1.807, 2.05) is 0 Å². The van der Waals surface area contributed by atoms with Crippen molar-refractivity contribution in [3.8, 4) is 5.75 Å². The third-order valence-corrected chi connectivity index (χ3v) is 3.19. The van der Waals surface area contributed by atoms with Crippen LogP contribution in [0.15, 0.2) is 42.5 Å². The van der Waals surface area contributed by atoms with E-state index in [1.54, 1.807) is 42.5 Å². The molecule has 0 saturated heterocycles. The van der Waals surface area contributed by atoms with Gasteiger partial charge in [0.25, 0.3) is 11.8 Å². The van der Waals surface area contributed by atoms with Gasteiger partial charge in [0.15, 0.2) is 6.61 Å². The van der Waals surface area contributed by atoms with Gasteiger partial charge in [0.05, 0.1) is 5.69 Å². The van der Waals surface area contributed by atoms with Crippen LogP contribution in [0, 0.1) is 0 Å². The van der Waals surface area contributed by atoms with E-state index in [0.29, 0.717) is 27.7 Å². The van der Waals surface area contributed by atoms with Crippen molar-refractivity contribution in [3.05, 3.63) is 53.1 Å². The molecule has 2 amide bonds. The Bertz CT molecular complexity index is 731. The van der Waals surface area contributed by atoms with Crippen LogP contribution in [0.3, 0.4) is 0 Å². The van der Waals surface area contributed by atoms with E-state index >= 15 is 0 Å². The quantitative estimate of drug-likeness (QED) is 0.896. The molecule has 0 spiro atoms. The maximum Gasteiger partial charge on any atom is 0.262 e. The summed E-state index contributed by atoms with van der Waals surface area (Å²) in [5.41, 5.74) is 1.51. The van der Waals surface area contributed by atoms with E-state index in [9.17, 15) is 9.59 Å². The van der Waals surface area contributed by atoms with Crippen LogP contribution in [-0.4, -0.2) is 18.4 Å². The van der Waals surface area contributed by atoms with Gasteiger partial charge >= 0.3 is 0 Å². The van der Waals surface area contributed by atoms with Gasteiger partial charge in [-0.05, 0) is 36.4 Å². The lowest BCUT2D eigenvalue weighted by molar-refractivity contribution is -0.118. The Labute approximate surface area is 125 Å². The smallest absolute Gasteiger partial charge is 0.262 e. The average molecular weight is 303 g/mol. The zero-order chi connectivity index (χ0) is 14.8. The second-order valence-electron chi connectivity index (χ2n) is 4.51. The van der Waals surface area contributed by atoms with Gasteiger partial charge in [-0.2, -0.15) is 0 Å². The first-order chi connectivity index (χ1) is 10.1. The molecule has 0 saturated carbocycles. The van der Waals surface area contributed by atoms with Gasteiger partial charge in [-0.3, -0.25) is 9.59 Å². The fourth-order valence-electron chi connectivity index (χ4n) is 1.99. The third kappa shape index (κ3) is 2.98. The lowest BCUT2D eigenvalue weighted by Gasteiger charge is -2.18. The van der Waals surface area contributed by atoms with E-state index in [0.717, 1.165) is 0 Å². The highest BCUT2D eigenvalue weighted by Gasteiger charge is 2.17. The second-order valence-corrected chi connectivity index (χ2v) is 4.95. The minimum Gasteiger partial charge on any atom is -0.482 e. The molecule has 0 radical (unpaired) electrons. The van der Waals surface area contributed by atoms with Crippen molar-refractivity contribution in [3.63, 3.8) is 0 Å². The molecule has 0 aromatic heterocycles. The first-order valence-electron chi connectivity index (χ1n) is 6.25. The Morgan fingerprint density at radius 1 is 1.24 bits per heavy atom. The SMILES string of the molecule is O=C1COc2ccc(C(=O)Nc3cccc(Cl)c3)cc2N1. The maximum atomic E-state index is 12.2. The number of nitrogens with one attached hydrogen (secondary N) is 2. The van der Waals surface area contributed by atoms with Crippen molar-refractivity contribution in [1.82, 2.24) is 0 Å². The summed E-state index contributed by atoms with van der Waals surface area (Å²) in [4.78, 5) is 23.5. The van der Waals surface area contributed by atoms with Crippen LogP contribution in [0.25, 0.3) is 0 Å². The van der Waals surface area contributed by atoms with Gasteiger partial charge in [-0.25, -0.2) is 0 Å². The first-order valence-corrected chi connectivity index (χ1v) is 6.63. The molecule has 1 aliphatic rings. The minimum absolute atomic E-state index is 0.0128. The van der Waals surface area contributed by atoms with Crippen molar-refractivity contribution in [1.29, 1.82) is 0 Å². The van der Waals surface area contributed by atoms with Gasteiger partial charge in [-0.1, -0.05) is 17.7 Å². The monoisotopic (exact) mass is 302 g/mol. The fraction of sp³-hybridized carbons (Fsp3) is 0.0667. The zero-order valence-corrected chi connectivity index (χ0v) is 11.6. The molecule has 1 aliphatic heterocycles.